The van der Waals surface area contributed by atoms with E-state index in [1.165, 1.54) is 18.3 Å². The monoisotopic (exact) mass is 477 g/mol. The Morgan fingerprint density at radius 3 is 2.51 bits per heavy atom. The third-order valence-corrected chi connectivity index (χ3v) is 4.96. The van der Waals surface area contributed by atoms with Gasteiger partial charge in [0.2, 0.25) is 0 Å². The highest BCUT2D eigenvalue weighted by atomic mass is 16.6. The first kappa shape index (κ1) is 25.2. The molecule has 0 aliphatic rings. The lowest BCUT2D eigenvalue weighted by Gasteiger charge is -2.11. The number of ether oxygens (including phenoxy) is 3. The Bertz CT molecular complexity index is 1180. The number of hydrogen-bond acceptors (Lipinski definition) is 7. The van der Waals surface area contributed by atoms with E-state index < -0.39 is 17.4 Å². The molecule has 182 valence electrons. The second-order valence-electron chi connectivity index (χ2n) is 7.57. The largest absolute Gasteiger partial charge is 0.497 e. The van der Waals surface area contributed by atoms with Crippen molar-refractivity contribution in [2.24, 2.45) is 5.10 Å². The average Bonchev–Trinajstić information content (AvgIpc) is 2.87. The molecule has 9 nitrogen and oxygen atoms in total. The summed E-state index contributed by atoms with van der Waals surface area (Å²) in [5.74, 6) is 0.625. The Kier molecular flexibility index (Phi) is 9.18. The number of hydrogen-bond donors (Lipinski definition) is 1. The number of rotatable bonds is 12. The van der Waals surface area contributed by atoms with Gasteiger partial charge in [0.25, 0.3) is 5.91 Å². The summed E-state index contributed by atoms with van der Waals surface area (Å²) < 4.78 is 16.5. The lowest BCUT2D eigenvalue weighted by Crippen LogP contribution is -2.24. The summed E-state index contributed by atoms with van der Waals surface area (Å²) >= 11 is 0. The van der Waals surface area contributed by atoms with Crippen LogP contribution in [0.4, 0.5) is 5.69 Å². The van der Waals surface area contributed by atoms with Crippen molar-refractivity contribution >= 4 is 17.8 Å². The molecule has 3 rings (SSSR count). The normalized spacial score (nSPS) is 10.7. The predicted octanol–water partition coefficient (Wildman–Crippen LogP) is 4.66. The Morgan fingerprint density at radius 2 is 1.80 bits per heavy atom. The molecule has 1 N–H and O–H groups in total. The molecule has 0 aromatic heterocycles. The summed E-state index contributed by atoms with van der Waals surface area (Å²) in [5, 5.41) is 15.3. The molecule has 0 atom stereocenters. The van der Waals surface area contributed by atoms with Crippen molar-refractivity contribution in [1.82, 2.24) is 5.43 Å². The van der Waals surface area contributed by atoms with E-state index in [9.17, 15) is 14.9 Å². The molecule has 0 aliphatic carbocycles. The molecule has 0 heterocycles. The zero-order chi connectivity index (χ0) is 25.0. The number of carbonyl (C=O) groups is 1. The number of nitrogens with zero attached hydrogens (tertiary/aromatic N) is 2. The molecule has 0 saturated heterocycles. The second kappa shape index (κ2) is 12.7. The fourth-order valence-electron chi connectivity index (χ4n) is 3.24. The molecular weight excluding hydrogens is 450 g/mol. The maximum atomic E-state index is 12.2. The molecule has 3 aromatic rings. The second-order valence-corrected chi connectivity index (χ2v) is 7.57. The van der Waals surface area contributed by atoms with Crippen molar-refractivity contribution in [2.75, 3.05) is 13.7 Å². The predicted molar refractivity (Wildman–Crippen MR) is 132 cm³/mol. The van der Waals surface area contributed by atoms with Crippen molar-refractivity contribution in [2.45, 2.75) is 26.4 Å². The van der Waals surface area contributed by atoms with Gasteiger partial charge in [-0.25, -0.2) is 5.43 Å². The number of benzene rings is 3. The van der Waals surface area contributed by atoms with Gasteiger partial charge >= 0.3 is 5.69 Å². The van der Waals surface area contributed by atoms with Crippen molar-refractivity contribution in [1.29, 1.82) is 0 Å². The van der Waals surface area contributed by atoms with Gasteiger partial charge in [-0.2, -0.15) is 5.10 Å². The van der Waals surface area contributed by atoms with Crippen LogP contribution in [0.25, 0.3) is 0 Å². The van der Waals surface area contributed by atoms with Gasteiger partial charge in [-0.05, 0) is 41.8 Å². The van der Waals surface area contributed by atoms with Crippen LogP contribution in [0.1, 0.15) is 30.0 Å². The zero-order valence-electron chi connectivity index (χ0n) is 19.6. The van der Waals surface area contributed by atoms with Gasteiger partial charge in [-0.15, -0.1) is 0 Å². The number of aryl methyl sites for hydroxylation is 1. The molecule has 9 heteroatoms. The van der Waals surface area contributed by atoms with E-state index in [1.54, 1.807) is 31.4 Å². The standard InChI is InChI=1S/C26H27N3O6/c1-3-7-19-10-12-25(23(14-19)29(31)32)35-18-26(30)28-27-16-21-15-22(33-2)11-13-24(21)34-17-20-8-5-4-6-9-20/h4-6,8-16H,3,7,17-18H2,1-2H3,(H,28,30)/b27-16+. The minimum atomic E-state index is -0.567. The first-order valence-electron chi connectivity index (χ1n) is 11.1. The first-order valence-corrected chi connectivity index (χ1v) is 11.1. The number of nitro groups is 1. The topological polar surface area (TPSA) is 112 Å². The van der Waals surface area contributed by atoms with Crippen LogP contribution in [0.15, 0.2) is 71.8 Å². The zero-order valence-corrected chi connectivity index (χ0v) is 19.6. The van der Waals surface area contributed by atoms with Crippen LogP contribution in [-0.2, 0) is 17.8 Å². The van der Waals surface area contributed by atoms with Crippen LogP contribution < -0.4 is 19.6 Å². The molecule has 3 aromatic carbocycles. The number of carbonyl (C=O) groups excluding carboxylic acids is 1. The molecule has 0 aliphatic heterocycles. The average molecular weight is 478 g/mol. The van der Waals surface area contributed by atoms with Crippen LogP contribution in [-0.4, -0.2) is 30.8 Å². The van der Waals surface area contributed by atoms with Gasteiger partial charge in [0.05, 0.1) is 18.2 Å². The summed E-state index contributed by atoms with van der Waals surface area (Å²) in [6.07, 6.45) is 3.02. The van der Waals surface area contributed by atoms with E-state index >= 15 is 0 Å². The van der Waals surface area contributed by atoms with Crippen LogP contribution in [0.3, 0.4) is 0 Å². The maximum Gasteiger partial charge on any atom is 0.311 e. The lowest BCUT2D eigenvalue weighted by atomic mass is 10.1. The molecule has 0 radical (unpaired) electrons. The van der Waals surface area contributed by atoms with Crippen LogP contribution >= 0.6 is 0 Å². The van der Waals surface area contributed by atoms with Gasteiger partial charge in [0.15, 0.2) is 12.4 Å². The van der Waals surface area contributed by atoms with Gasteiger partial charge in [-0.1, -0.05) is 49.7 Å². The van der Waals surface area contributed by atoms with Crippen LogP contribution in [0, 0.1) is 10.1 Å². The molecule has 0 fully saturated rings. The van der Waals surface area contributed by atoms with Crippen molar-refractivity contribution < 1.29 is 23.9 Å². The Balaban J connectivity index is 1.61. The first-order chi connectivity index (χ1) is 17.0. The SMILES string of the molecule is CCCc1ccc(OCC(=O)N/N=C/c2cc(OC)ccc2OCc2ccccc2)c([N+](=O)[O-])c1. The number of nitro benzene ring substituents is 1. The van der Waals surface area contributed by atoms with E-state index in [0.29, 0.717) is 23.7 Å². The highest BCUT2D eigenvalue weighted by molar-refractivity contribution is 5.86. The molecule has 1 amide bonds. The van der Waals surface area contributed by atoms with E-state index in [0.717, 1.165) is 24.0 Å². The molecule has 0 spiro atoms. The number of amides is 1. The van der Waals surface area contributed by atoms with Gasteiger partial charge in [0.1, 0.15) is 18.1 Å². The summed E-state index contributed by atoms with van der Waals surface area (Å²) in [6.45, 7) is 1.93. The summed E-state index contributed by atoms with van der Waals surface area (Å²) in [6, 6.07) is 19.7. The van der Waals surface area contributed by atoms with E-state index in [1.807, 2.05) is 37.3 Å². The van der Waals surface area contributed by atoms with Gasteiger partial charge < -0.3 is 14.2 Å². The van der Waals surface area contributed by atoms with E-state index in [4.69, 9.17) is 14.2 Å². The molecule has 35 heavy (non-hydrogen) atoms. The maximum absolute atomic E-state index is 12.2. The van der Waals surface area contributed by atoms with Crippen molar-refractivity contribution in [3.63, 3.8) is 0 Å². The van der Waals surface area contributed by atoms with Crippen molar-refractivity contribution in [3.8, 4) is 17.2 Å². The summed E-state index contributed by atoms with van der Waals surface area (Å²) in [4.78, 5) is 23.0. The molecule has 0 unspecified atom stereocenters. The summed E-state index contributed by atoms with van der Waals surface area (Å²) in [7, 11) is 1.55. The third-order valence-electron chi connectivity index (χ3n) is 4.96. The van der Waals surface area contributed by atoms with Crippen LogP contribution in [0.5, 0.6) is 17.2 Å². The van der Waals surface area contributed by atoms with Crippen LogP contribution in [0.2, 0.25) is 0 Å². The quantitative estimate of drug-likeness (QED) is 0.231. The minimum absolute atomic E-state index is 0.0263. The number of methoxy groups -OCH3 is 1. The van der Waals surface area contributed by atoms with E-state index in [2.05, 4.69) is 10.5 Å². The molecular formula is C26H27N3O6. The Morgan fingerprint density at radius 1 is 1.03 bits per heavy atom. The fraction of sp³-hybridized carbons (Fsp3) is 0.231. The fourth-order valence-corrected chi connectivity index (χ4v) is 3.24. The van der Waals surface area contributed by atoms with Gasteiger partial charge in [-0.3, -0.25) is 14.9 Å². The highest BCUT2D eigenvalue weighted by Gasteiger charge is 2.17. The van der Waals surface area contributed by atoms with E-state index in [-0.39, 0.29) is 11.4 Å². The Hall–Kier alpha value is -4.40. The molecule has 0 saturated carbocycles. The number of nitrogens with one attached hydrogen (secondary N) is 1. The number of hydrazone groups is 1. The summed E-state index contributed by atoms with van der Waals surface area (Å²) in [5.41, 5.74) is 4.63. The smallest absolute Gasteiger partial charge is 0.311 e. The third kappa shape index (κ3) is 7.56. The van der Waals surface area contributed by atoms with Crippen molar-refractivity contribution in [3.05, 3.63) is 93.5 Å². The van der Waals surface area contributed by atoms with Gasteiger partial charge in [0, 0.05) is 11.6 Å². The minimum Gasteiger partial charge on any atom is -0.497 e. The highest BCUT2D eigenvalue weighted by Crippen LogP contribution is 2.28. The Labute approximate surface area is 203 Å². The lowest BCUT2D eigenvalue weighted by molar-refractivity contribution is -0.385. The molecule has 0 bridgehead atoms.